The van der Waals surface area contributed by atoms with Gasteiger partial charge in [0.25, 0.3) is 0 Å². The van der Waals surface area contributed by atoms with E-state index in [0.29, 0.717) is 28.6 Å². The fourth-order valence-electron chi connectivity index (χ4n) is 7.03. The minimum absolute atomic E-state index is 0.150. The molecule has 0 N–H and O–H groups in total. The molecule has 0 atom stereocenters. The zero-order chi connectivity index (χ0) is 35.2. The maximum atomic E-state index is 15.4. The first-order valence-corrected chi connectivity index (χ1v) is 17.1. The Labute approximate surface area is 299 Å². The number of fused-ring (bicyclic) bond motifs is 3. The molecule has 7 aromatic carbocycles. The Balaban J connectivity index is 1.37. The number of hydrogen-bond donors (Lipinski definition) is 0. The highest BCUT2D eigenvalue weighted by Gasteiger charge is 2.22. The SMILES string of the molecule is Cc1ccccc1-c1ccc2c3ccccc3n(-c3ccc(-c4cccc(F)c4F)cc3-c3nc(-c4ccccc4)nc(-c4ccccc4)n3)c2c1. The van der Waals surface area contributed by atoms with E-state index in [0.717, 1.165) is 55.8 Å². The molecule has 0 amide bonds. The quantitative estimate of drug-likeness (QED) is 0.176. The van der Waals surface area contributed by atoms with Gasteiger partial charge in [-0.15, -0.1) is 0 Å². The van der Waals surface area contributed by atoms with Gasteiger partial charge in [-0.05, 0) is 59.5 Å². The molecule has 0 spiro atoms. The van der Waals surface area contributed by atoms with E-state index in [-0.39, 0.29) is 5.56 Å². The normalized spacial score (nSPS) is 11.4. The summed E-state index contributed by atoms with van der Waals surface area (Å²) in [5, 5.41) is 2.18. The molecule has 0 fully saturated rings. The first kappa shape index (κ1) is 31.2. The molecule has 9 rings (SSSR count). The van der Waals surface area contributed by atoms with Crippen LogP contribution in [-0.2, 0) is 0 Å². The van der Waals surface area contributed by atoms with Gasteiger partial charge in [0.05, 0.1) is 16.7 Å². The lowest BCUT2D eigenvalue weighted by Gasteiger charge is -2.17. The monoisotopic (exact) mass is 676 g/mol. The van der Waals surface area contributed by atoms with Crippen LogP contribution in [-0.4, -0.2) is 19.5 Å². The molecule has 0 aliphatic rings. The van der Waals surface area contributed by atoms with E-state index >= 15 is 4.39 Å². The van der Waals surface area contributed by atoms with Crippen molar-refractivity contribution >= 4 is 21.8 Å². The highest BCUT2D eigenvalue weighted by Crippen LogP contribution is 2.40. The van der Waals surface area contributed by atoms with Crippen LogP contribution in [0.15, 0.2) is 164 Å². The third kappa shape index (κ3) is 5.42. The lowest BCUT2D eigenvalue weighted by atomic mass is 9.99. The third-order valence-corrected chi connectivity index (χ3v) is 9.57. The van der Waals surface area contributed by atoms with E-state index in [1.54, 1.807) is 6.07 Å². The number of rotatable bonds is 6. The molecule has 6 heteroatoms. The maximum absolute atomic E-state index is 15.4. The Morgan fingerprint density at radius 3 is 1.73 bits per heavy atom. The molecule has 4 nitrogen and oxygen atoms in total. The second kappa shape index (κ2) is 12.8. The van der Waals surface area contributed by atoms with Gasteiger partial charge in [-0.3, -0.25) is 0 Å². The van der Waals surface area contributed by atoms with Gasteiger partial charge in [-0.25, -0.2) is 23.7 Å². The summed E-state index contributed by atoms with van der Waals surface area (Å²) in [6, 6.07) is 52.7. The molecule has 9 aromatic rings. The zero-order valence-corrected chi connectivity index (χ0v) is 28.1. The predicted octanol–water partition coefficient (Wildman–Crippen LogP) is 11.9. The molecule has 0 bridgehead atoms. The van der Waals surface area contributed by atoms with Gasteiger partial charge in [-0.2, -0.15) is 0 Å². The van der Waals surface area contributed by atoms with E-state index in [1.807, 2.05) is 97.1 Å². The lowest BCUT2D eigenvalue weighted by Crippen LogP contribution is -2.04. The second-order valence-electron chi connectivity index (χ2n) is 12.8. The van der Waals surface area contributed by atoms with Gasteiger partial charge in [0.1, 0.15) is 0 Å². The van der Waals surface area contributed by atoms with Crippen LogP contribution in [0.25, 0.3) is 83.9 Å². The highest BCUT2D eigenvalue weighted by molar-refractivity contribution is 6.10. The highest BCUT2D eigenvalue weighted by atomic mass is 19.2. The van der Waals surface area contributed by atoms with Crippen LogP contribution in [0, 0.1) is 18.6 Å². The number of para-hydroxylation sites is 1. The van der Waals surface area contributed by atoms with Crippen molar-refractivity contribution in [2.24, 2.45) is 0 Å². The average molecular weight is 677 g/mol. The summed E-state index contributed by atoms with van der Waals surface area (Å²) in [4.78, 5) is 15.1. The van der Waals surface area contributed by atoms with Crippen molar-refractivity contribution in [3.8, 4) is 62.1 Å². The van der Waals surface area contributed by atoms with E-state index in [2.05, 4.69) is 60.0 Å². The number of nitrogens with zero attached hydrogens (tertiary/aromatic N) is 4. The molecule has 0 saturated heterocycles. The van der Waals surface area contributed by atoms with Gasteiger partial charge < -0.3 is 4.57 Å². The molecule has 0 radical (unpaired) electrons. The summed E-state index contributed by atoms with van der Waals surface area (Å²) < 4.78 is 32.2. The van der Waals surface area contributed by atoms with Crippen molar-refractivity contribution in [3.63, 3.8) is 0 Å². The van der Waals surface area contributed by atoms with Gasteiger partial charge in [0.2, 0.25) is 0 Å². The molecular weight excluding hydrogens is 647 g/mol. The number of aryl methyl sites for hydroxylation is 1. The molecule has 0 saturated carbocycles. The molecule has 52 heavy (non-hydrogen) atoms. The Kier molecular flexibility index (Phi) is 7.70. The molecule has 0 unspecified atom stereocenters. The van der Waals surface area contributed by atoms with Crippen LogP contribution in [0.3, 0.4) is 0 Å². The van der Waals surface area contributed by atoms with Crippen molar-refractivity contribution in [3.05, 3.63) is 181 Å². The maximum Gasteiger partial charge on any atom is 0.166 e. The van der Waals surface area contributed by atoms with Crippen molar-refractivity contribution in [2.75, 3.05) is 0 Å². The number of halogens is 2. The Bertz CT molecular complexity index is 2720. The summed E-state index contributed by atoms with van der Waals surface area (Å²) in [6.07, 6.45) is 0. The van der Waals surface area contributed by atoms with Crippen LogP contribution in [0.1, 0.15) is 5.56 Å². The standard InChI is InChI=1S/C46H30F2N4/c1-29-13-8-9-18-34(29)33-23-25-37-36-19-10-11-22-40(36)52(42(37)28-33)41-26-24-32(35-20-12-21-39(47)43(35)48)27-38(41)46-50-44(30-14-4-2-5-15-30)49-45(51-46)31-16-6-3-7-17-31/h2-28H,1H3. The van der Waals surface area contributed by atoms with Gasteiger partial charge >= 0.3 is 0 Å². The predicted molar refractivity (Wildman–Crippen MR) is 206 cm³/mol. The van der Waals surface area contributed by atoms with Crippen molar-refractivity contribution in [1.82, 2.24) is 19.5 Å². The number of hydrogen-bond acceptors (Lipinski definition) is 3. The number of benzene rings is 7. The van der Waals surface area contributed by atoms with Crippen molar-refractivity contribution in [1.29, 1.82) is 0 Å². The molecule has 248 valence electrons. The summed E-state index contributed by atoms with van der Waals surface area (Å²) in [5.74, 6) is -0.412. The Hall–Kier alpha value is -6.79. The Morgan fingerprint density at radius 1 is 0.423 bits per heavy atom. The third-order valence-electron chi connectivity index (χ3n) is 9.57. The zero-order valence-electron chi connectivity index (χ0n) is 28.1. The van der Waals surface area contributed by atoms with E-state index in [1.165, 1.54) is 11.6 Å². The van der Waals surface area contributed by atoms with Crippen LogP contribution in [0.4, 0.5) is 8.78 Å². The number of aromatic nitrogens is 4. The van der Waals surface area contributed by atoms with Crippen LogP contribution >= 0.6 is 0 Å². The van der Waals surface area contributed by atoms with Crippen molar-refractivity contribution in [2.45, 2.75) is 6.92 Å². The molecular formula is C46H30F2N4. The van der Waals surface area contributed by atoms with Crippen LogP contribution in [0.2, 0.25) is 0 Å². The molecule has 2 heterocycles. The van der Waals surface area contributed by atoms with Gasteiger partial charge in [0.15, 0.2) is 29.1 Å². The van der Waals surface area contributed by atoms with Crippen LogP contribution in [0.5, 0.6) is 0 Å². The van der Waals surface area contributed by atoms with E-state index < -0.39 is 11.6 Å². The molecule has 0 aliphatic heterocycles. The lowest BCUT2D eigenvalue weighted by molar-refractivity contribution is 0.511. The summed E-state index contributed by atoms with van der Waals surface area (Å²) >= 11 is 0. The first-order valence-electron chi connectivity index (χ1n) is 17.1. The molecule has 2 aromatic heterocycles. The topological polar surface area (TPSA) is 43.6 Å². The fourth-order valence-corrected chi connectivity index (χ4v) is 7.03. The second-order valence-corrected chi connectivity index (χ2v) is 12.8. The fraction of sp³-hybridized carbons (Fsp3) is 0.0217. The van der Waals surface area contributed by atoms with Crippen molar-refractivity contribution < 1.29 is 8.78 Å². The minimum atomic E-state index is -0.911. The smallest absolute Gasteiger partial charge is 0.166 e. The first-order chi connectivity index (χ1) is 25.5. The summed E-state index contributed by atoms with van der Waals surface area (Å²) in [7, 11) is 0. The van der Waals surface area contributed by atoms with Crippen LogP contribution < -0.4 is 0 Å². The Morgan fingerprint density at radius 2 is 1.00 bits per heavy atom. The van der Waals surface area contributed by atoms with E-state index in [9.17, 15) is 4.39 Å². The average Bonchev–Trinajstić information content (AvgIpc) is 3.53. The minimum Gasteiger partial charge on any atom is -0.308 e. The van der Waals surface area contributed by atoms with Gasteiger partial charge in [0, 0.05) is 33.0 Å². The molecule has 0 aliphatic carbocycles. The van der Waals surface area contributed by atoms with Gasteiger partial charge in [-0.1, -0.05) is 133 Å². The summed E-state index contributed by atoms with van der Waals surface area (Å²) in [5.41, 5.74) is 9.15. The van der Waals surface area contributed by atoms with E-state index in [4.69, 9.17) is 15.0 Å². The largest absolute Gasteiger partial charge is 0.308 e. The summed E-state index contributed by atoms with van der Waals surface area (Å²) in [6.45, 7) is 2.12.